The smallest absolute Gasteiger partial charge is 0.121 e. The molecule has 2 aromatic rings. The molecule has 0 aliphatic rings. The first-order chi connectivity index (χ1) is 9.22. The van der Waals surface area contributed by atoms with Crippen LogP contribution in [0.1, 0.15) is 16.7 Å². The number of nitrogens with one attached hydrogen (secondary N) is 1. The predicted molar refractivity (Wildman–Crippen MR) is 76.2 cm³/mol. The van der Waals surface area contributed by atoms with Crippen molar-refractivity contribution in [1.29, 1.82) is 5.26 Å². The molecule has 0 bridgehead atoms. The van der Waals surface area contributed by atoms with Crippen molar-refractivity contribution in [2.45, 2.75) is 13.5 Å². The van der Waals surface area contributed by atoms with Crippen molar-refractivity contribution in [2.75, 3.05) is 12.4 Å². The molecule has 3 heteroatoms. The van der Waals surface area contributed by atoms with E-state index in [9.17, 15) is 0 Å². The maximum Gasteiger partial charge on any atom is 0.121 e. The number of nitrogens with zero attached hydrogens (tertiary/aromatic N) is 1. The Morgan fingerprint density at radius 3 is 2.74 bits per heavy atom. The number of rotatable bonds is 4. The van der Waals surface area contributed by atoms with E-state index in [1.165, 1.54) is 11.1 Å². The van der Waals surface area contributed by atoms with Gasteiger partial charge >= 0.3 is 0 Å². The Balaban J connectivity index is 2.17. The van der Waals surface area contributed by atoms with E-state index in [1.54, 1.807) is 19.2 Å². The largest absolute Gasteiger partial charge is 0.497 e. The van der Waals surface area contributed by atoms with Crippen LogP contribution in [0.15, 0.2) is 42.5 Å². The lowest BCUT2D eigenvalue weighted by Crippen LogP contribution is -2.02. The summed E-state index contributed by atoms with van der Waals surface area (Å²) in [6, 6.07) is 15.8. The molecule has 3 nitrogen and oxygen atoms in total. The van der Waals surface area contributed by atoms with Crippen molar-refractivity contribution in [3.05, 3.63) is 59.2 Å². The van der Waals surface area contributed by atoms with Crippen LogP contribution in [0.5, 0.6) is 5.75 Å². The Labute approximate surface area is 113 Å². The van der Waals surface area contributed by atoms with Crippen LogP contribution in [0, 0.1) is 18.3 Å². The zero-order valence-electron chi connectivity index (χ0n) is 11.1. The van der Waals surface area contributed by atoms with Crippen LogP contribution in [0.4, 0.5) is 5.69 Å². The first-order valence-corrected chi connectivity index (χ1v) is 6.10. The average molecular weight is 252 g/mol. The Kier molecular flexibility index (Phi) is 4.04. The molecule has 19 heavy (non-hydrogen) atoms. The minimum absolute atomic E-state index is 0.619. The molecule has 0 saturated heterocycles. The minimum atomic E-state index is 0.619. The van der Waals surface area contributed by atoms with E-state index in [-0.39, 0.29) is 0 Å². The molecule has 96 valence electrons. The van der Waals surface area contributed by atoms with E-state index >= 15 is 0 Å². The molecule has 0 heterocycles. The monoisotopic (exact) mass is 252 g/mol. The van der Waals surface area contributed by atoms with Gasteiger partial charge in [0.15, 0.2) is 0 Å². The molecule has 0 fully saturated rings. The van der Waals surface area contributed by atoms with Crippen LogP contribution < -0.4 is 10.1 Å². The third kappa shape index (κ3) is 3.26. The van der Waals surface area contributed by atoms with E-state index in [4.69, 9.17) is 10.00 Å². The van der Waals surface area contributed by atoms with Crippen LogP contribution in [0.3, 0.4) is 0 Å². The number of hydrogen-bond donors (Lipinski definition) is 1. The van der Waals surface area contributed by atoms with Gasteiger partial charge in [-0.2, -0.15) is 5.26 Å². The van der Waals surface area contributed by atoms with Gasteiger partial charge in [0.1, 0.15) is 11.8 Å². The highest BCUT2D eigenvalue weighted by Crippen LogP contribution is 2.22. The first kappa shape index (κ1) is 13.0. The molecule has 0 radical (unpaired) electrons. The summed E-state index contributed by atoms with van der Waals surface area (Å²) < 4.78 is 5.18. The number of anilines is 1. The molecule has 0 amide bonds. The number of benzene rings is 2. The summed E-state index contributed by atoms with van der Waals surface area (Å²) in [7, 11) is 1.62. The Morgan fingerprint density at radius 2 is 2.05 bits per heavy atom. The molecule has 0 aliphatic heterocycles. The van der Waals surface area contributed by atoms with Gasteiger partial charge in [-0.15, -0.1) is 0 Å². The fraction of sp³-hybridized carbons (Fsp3) is 0.188. The van der Waals surface area contributed by atoms with Gasteiger partial charge in [0, 0.05) is 12.6 Å². The fourth-order valence-electron chi connectivity index (χ4n) is 1.91. The second-order valence-electron chi connectivity index (χ2n) is 4.37. The summed E-state index contributed by atoms with van der Waals surface area (Å²) >= 11 is 0. The number of methoxy groups -OCH3 is 1. The van der Waals surface area contributed by atoms with Crippen molar-refractivity contribution >= 4 is 5.69 Å². The molecule has 0 aromatic heterocycles. The van der Waals surface area contributed by atoms with Gasteiger partial charge in [-0.05, 0) is 24.6 Å². The second-order valence-corrected chi connectivity index (χ2v) is 4.37. The topological polar surface area (TPSA) is 45.0 Å². The van der Waals surface area contributed by atoms with Gasteiger partial charge in [0.25, 0.3) is 0 Å². The summed E-state index contributed by atoms with van der Waals surface area (Å²) in [5.41, 5.74) is 3.83. The summed E-state index contributed by atoms with van der Waals surface area (Å²) in [6.07, 6.45) is 0. The van der Waals surface area contributed by atoms with Crippen LogP contribution in [0.2, 0.25) is 0 Å². The Hall–Kier alpha value is -2.47. The van der Waals surface area contributed by atoms with Gasteiger partial charge in [-0.3, -0.25) is 0 Å². The molecule has 2 rings (SSSR count). The number of ether oxygens (including phenoxy) is 1. The molecule has 0 atom stereocenters. The van der Waals surface area contributed by atoms with Gasteiger partial charge in [0.05, 0.1) is 18.4 Å². The van der Waals surface area contributed by atoms with Crippen molar-refractivity contribution in [1.82, 2.24) is 0 Å². The maximum atomic E-state index is 9.09. The Bertz CT molecular complexity index is 614. The van der Waals surface area contributed by atoms with E-state index in [0.29, 0.717) is 12.1 Å². The standard InChI is InChI=1S/C16H16N2O/c1-12-4-3-5-13(8-12)11-18-16-9-15(19-2)7-6-14(16)10-17/h3-9,18H,11H2,1-2H3. The van der Waals surface area contributed by atoms with Crippen LogP contribution in [0.25, 0.3) is 0 Å². The normalized spacial score (nSPS) is 9.74. The van der Waals surface area contributed by atoms with Gasteiger partial charge in [0.2, 0.25) is 0 Å². The van der Waals surface area contributed by atoms with E-state index in [2.05, 4.69) is 36.5 Å². The molecule has 1 N–H and O–H groups in total. The molecule has 0 spiro atoms. The summed E-state index contributed by atoms with van der Waals surface area (Å²) in [5.74, 6) is 0.741. The van der Waals surface area contributed by atoms with Crippen LogP contribution in [-0.2, 0) is 6.54 Å². The van der Waals surface area contributed by atoms with Crippen molar-refractivity contribution in [3.8, 4) is 11.8 Å². The molecular weight excluding hydrogens is 236 g/mol. The summed E-state index contributed by atoms with van der Waals surface area (Å²) in [6.45, 7) is 2.75. The molecular formula is C16H16N2O. The predicted octanol–water partition coefficient (Wildman–Crippen LogP) is 3.49. The highest BCUT2D eigenvalue weighted by molar-refractivity contribution is 5.60. The first-order valence-electron chi connectivity index (χ1n) is 6.10. The van der Waals surface area contributed by atoms with Crippen molar-refractivity contribution in [2.24, 2.45) is 0 Å². The highest BCUT2D eigenvalue weighted by Gasteiger charge is 2.04. The lowest BCUT2D eigenvalue weighted by molar-refractivity contribution is 0.415. The summed E-state index contributed by atoms with van der Waals surface area (Å²) in [4.78, 5) is 0. The average Bonchev–Trinajstić information content (AvgIpc) is 2.45. The zero-order valence-corrected chi connectivity index (χ0v) is 11.1. The van der Waals surface area contributed by atoms with E-state index < -0.39 is 0 Å². The van der Waals surface area contributed by atoms with Gasteiger partial charge < -0.3 is 10.1 Å². The minimum Gasteiger partial charge on any atom is -0.497 e. The highest BCUT2D eigenvalue weighted by atomic mass is 16.5. The fourth-order valence-corrected chi connectivity index (χ4v) is 1.91. The Morgan fingerprint density at radius 1 is 1.21 bits per heavy atom. The van der Waals surface area contributed by atoms with E-state index in [0.717, 1.165) is 11.4 Å². The molecule has 0 aliphatic carbocycles. The van der Waals surface area contributed by atoms with Gasteiger partial charge in [-0.25, -0.2) is 0 Å². The van der Waals surface area contributed by atoms with Gasteiger partial charge in [-0.1, -0.05) is 29.8 Å². The zero-order chi connectivity index (χ0) is 13.7. The SMILES string of the molecule is COc1ccc(C#N)c(NCc2cccc(C)c2)c1. The quantitative estimate of drug-likeness (QED) is 0.906. The number of aryl methyl sites for hydroxylation is 1. The van der Waals surface area contributed by atoms with Crippen LogP contribution in [-0.4, -0.2) is 7.11 Å². The third-order valence-corrected chi connectivity index (χ3v) is 2.91. The lowest BCUT2D eigenvalue weighted by Gasteiger charge is -2.10. The summed E-state index contributed by atoms with van der Waals surface area (Å²) in [5, 5.41) is 12.4. The van der Waals surface area contributed by atoms with Crippen LogP contribution >= 0.6 is 0 Å². The molecule has 0 saturated carbocycles. The van der Waals surface area contributed by atoms with E-state index in [1.807, 2.05) is 12.1 Å². The van der Waals surface area contributed by atoms with Crippen molar-refractivity contribution in [3.63, 3.8) is 0 Å². The second kappa shape index (κ2) is 5.92. The lowest BCUT2D eigenvalue weighted by atomic mass is 10.1. The number of nitriles is 1. The molecule has 2 aromatic carbocycles. The number of hydrogen-bond acceptors (Lipinski definition) is 3. The van der Waals surface area contributed by atoms with Crippen molar-refractivity contribution < 1.29 is 4.74 Å². The maximum absolute atomic E-state index is 9.09. The molecule has 0 unspecified atom stereocenters. The third-order valence-electron chi connectivity index (χ3n) is 2.91.